The van der Waals surface area contributed by atoms with Crippen LogP contribution in [0.15, 0.2) is 59.6 Å². The van der Waals surface area contributed by atoms with E-state index >= 15 is 0 Å². The van der Waals surface area contributed by atoms with Crippen molar-refractivity contribution in [2.75, 3.05) is 12.9 Å². The second-order valence-electron chi connectivity index (χ2n) is 5.27. The van der Waals surface area contributed by atoms with Gasteiger partial charge in [-0.2, -0.15) is 0 Å². The maximum absolute atomic E-state index is 12.2. The first kappa shape index (κ1) is 15.7. The number of ether oxygens (including phenoxy) is 1. The predicted molar refractivity (Wildman–Crippen MR) is 94.4 cm³/mol. The Bertz CT molecular complexity index is 824. The highest BCUT2D eigenvalue weighted by molar-refractivity contribution is 7.98. The number of thioether (sulfide) groups is 1. The number of rotatable bonds is 5. The Morgan fingerprint density at radius 1 is 1.13 bits per heavy atom. The van der Waals surface area contributed by atoms with Gasteiger partial charge in [0, 0.05) is 16.6 Å². The Hall–Kier alpha value is -2.20. The van der Waals surface area contributed by atoms with Crippen molar-refractivity contribution in [3.63, 3.8) is 0 Å². The number of hydrogen-bond acceptors (Lipinski definition) is 3. The smallest absolute Gasteiger partial charge is 0.356 e. The largest absolute Gasteiger partial charge is 0.461 e. The SMILES string of the molecule is CCOC(=O)c1c(SC)cc2cc(Cc3ccccc3)ccn12. The third kappa shape index (κ3) is 3.27. The van der Waals surface area contributed by atoms with Gasteiger partial charge >= 0.3 is 5.97 Å². The zero-order valence-electron chi connectivity index (χ0n) is 13.3. The molecule has 0 fully saturated rings. The molecule has 4 heteroatoms. The summed E-state index contributed by atoms with van der Waals surface area (Å²) in [5.41, 5.74) is 4.13. The van der Waals surface area contributed by atoms with Gasteiger partial charge in [-0.15, -0.1) is 11.8 Å². The summed E-state index contributed by atoms with van der Waals surface area (Å²) in [6.45, 7) is 2.20. The average molecular weight is 325 g/mol. The van der Waals surface area contributed by atoms with Crippen molar-refractivity contribution in [1.82, 2.24) is 4.40 Å². The Labute approximate surface area is 140 Å². The molecule has 2 heterocycles. The number of carbonyl (C=O) groups is 1. The fourth-order valence-corrected chi connectivity index (χ4v) is 3.31. The lowest BCUT2D eigenvalue weighted by Gasteiger charge is -2.06. The van der Waals surface area contributed by atoms with Crippen LogP contribution >= 0.6 is 11.8 Å². The van der Waals surface area contributed by atoms with E-state index in [2.05, 4.69) is 36.4 Å². The fraction of sp³-hybridized carbons (Fsp3) is 0.211. The molecule has 3 aromatic rings. The van der Waals surface area contributed by atoms with Crippen LogP contribution in [0.2, 0.25) is 0 Å². The van der Waals surface area contributed by atoms with Crippen molar-refractivity contribution in [1.29, 1.82) is 0 Å². The van der Waals surface area contributed by atoms with Gasteiger partial charge in [-0.1, -0.05) is 30.3 Å². The minimum atomic E-state index is -0.271. The predicted octanol–water partition coefficient (Wildman–Crippen LogP) is 4.43. The third-order valence-corrected chi connectivity index (χ3v) is 4.49. The minimum absolute atomic E-state index is 0.271. The first-order valence-corrected chi connectivity index (χ1v) is 8.84. The van der Waals surface area contributed by atoms with Crippen molar-refractivity contribution in [2.24, 2.45) is 0 Å². The van der Waals surface area contributed by atoms with Crippen LogP contribution in [0.3, 0.4) is 0 Å². The molecule has 2 aromatic heterocycles. The molecule has 1 aromatic carbocycles. The monoisotopic (exact) mass is 325 g/mol. The second-order valence-corrected chi connectivity index (χ2v) is 6.12. The summed E-state index contributed by atoms with van der Waals surface area (Å²) in [4.78, 5) is 13.2. The molecule has 23 heavy (non-hydrogen) atoms. The first-order valence-electron chi connectivity index (χ1n) is 7.62. The van der Waals surface area contributed by atoms with Gasteiger partial charge in [0.1, 0.15) is 5.69 Å². The summed E-state index contributed by atoms with van der Waals surface area (Å²) in [5, 5.41) is 0. The van der Waals surface area contributed by atoms with Gasteiger partial charge in [-0.3, -0.25) is 0 Å². The van der Waals surface area contributed by atoms with Crippen LogP contribution in [0.5, 0.6) is 0 Å². The van der Waals surface area contributed by atoms with E-state index in [0.29, 0.717) is 12.3 Å². The summed E-state index contributed by atoms with van der Waals surface area (Å²) < 4.78 is 7.10. The molecule has 3 rings (SSSR count). The Balaban J connectivity index is 1.99. The molecule has 118 valence electrons. The molecule has 0 radical (unpaired) electrons. The zero-order chi connectivity index (χ0) is 16.2. The second kappa shape index (κ2) is 6.92. The standard InChI is InChI=1S/C19H19NO2S/c1-3-22-19(21)18-17(23-2)13-16-12-15(9-10-20(16)18)11-14-7-5-4-6-8-14/h4-10,12-13H,3,11H2,1-2H3. The summed E-state index contributed by atoms with van der Waals surface area (Å²) >= 11 is 1.56. The van der Waals surface area contributed by atoms with E-state index in [4.69, 9.17) is 4.74 Å². The van der Waals surface area contributed by atoms with Crippen LogP contribution in [-0.2, 0) is 11.2 Å². The third-order valence-electron chi connectivity index (χ3n) is 3.74. The Kier molecular flexibility index (Phi) is 4.72. The van der Waals surface area contributed by atoms with E-state index in [1.807, 2.05) is 35.9 Å². The van der Waals surface area contributed by atoms with Crippen molar-refractivity contribution in [3.05, 3.63) is 71.5 Å². The van der Waals surface area contributed by atoms with Gasteiger partial charge < -0.3 is 9.14 Å². The molecule has 0 aliphatic rings. The average Bonchev–Trinajstić information content (AvgIpc) is 2.94. The number of carbonyl (C=O) groups excluding carboxylic acids is 1. The molecular formula is C19H19NO2S. The first-order chi connectivity index (χ1) is 11.2. The van der Waals surface area contributed by atoms with Gasteiger partial charge in [-0.25, -0.2) is 4.79 Å². The Morgan fingerprint density at radius 3 is 2.61 bits per heavy atom. The molecular weight excluding hydrogens is 306 g/mol. The molecule has 0 spiro atoms. The van der Waals surface area contributed by atoms with Crippen molar-refractivity contribution >= 4 is 23.2 Å². The van der Waals surface area contributed by atoms with Gasteiger partial charge in [-0.05, 0) is 48.9 Å². The van der Waals surface area contributed by atoms with Crippen LogP contribution < -0.4 is 0 Å². The van der Waals surface area contributed by atoms with Gasteiger partial charge in [0.15, 0.2) is 0 Å². The molecule has 3 nitrogen and oxygen atoms in total. The highest BCUT2D eigenvalue weighted by atomic mass is 32.2. The number of esters is 1. The van der Waals surface area contributed by atoms with E-state index in [1.165, 1.54) is 11.1 Å². The van der Waals surface area contributed by atoms with Crippen molar-refractivity contribution < 1.29 is 9.53 Å². The van der Waals surface area contributed by atoms with Crippen LogP contribution in [0.4, 0.5) is 0 Å². The summed E-state index contributed by atoms with van der Waals surface area (Å²) in [6, 6.07) is 16.6. The number of benzene rings is 1. The topological polar surface area (TPSA) is 30.7 Å². The van der Waals surface area contributed by atoms with E-state index < -0.39 is 0 Å². The van der Waals surface area contributed by atoms with Gasteiger partial charge in [0.2, 0.25) is 0 Å². The molecule has 0 atom stereocenters. The molecule has 0 amide bonds. The minimum Gasteiger partial charge on any atom is -0.461 e. The number of nitrogens with zero attached hydrogens (tertiary/aromatic N) is 1. The molecule has 0 saturated heterocycles. The number of hydrogen-bond donors (Lipinski definition) is 0. The summed E-state index contributed by atoms with van der Waals surface area (Å²) in [7, 11) is 0. The highest BCUT2D eigenvalue weighted by Gasteiger charge is 2.18. The van der Waals surface area contributed by atoms with Gasteiger partial charge in [0.25, 0.3) is 0 Å². The number of pyridine rings is 1. The van der Waals surface area contributed by atoms with E-state index in [1.54, 1.807) is 11.8 Å². The maximum atomic E-state index is 12.2. The summed E-state index contributed by atoms with van der Waals surface area (Å²) in [5.74, 6) is -0.271. The van der Waals surface area contributed by atoms with Crippen LogP contribution in [0.25, 0.3) is 5.52 Å². The zero-order valence-corrected chi connectivity index (χ0v) is 14.1. The molecule has 0 saturated carbocycles. The van der Waals surface area contributed by atoms with Crippen LogP contribution in [0, 0.1) is 0 Å². The van der Waals surface area contributed by atoms with Crippen LogP contribution in [-0.4, -0.2) is 23.2 Å². The van der Waals surface area contributed by atoms with Crippen LogP contribution in [0.1, 0.15) is 28.5 Å². The normalized spacial score (nSPS) is 10.9. The lowest BCUT2D eigenvalue weighted by atomic mass is 10.1. The Morgan fingerprint density at radius 2 is 1.91 bits per heavy atom. The van der Waals surface area contributed by atoms with Crippen molar-refractivity contribution in [2.45, 2.75) is 18.2 Å². The lowest BCUT2D eigenvalue weighted by molar-refractivity contribution is 0.0514. The van der Waals surface area contributed by atoms with E-state index in [0.717, 1.165) is 16.8 Å². The lowest BCUT2D eigenvalue weighted by Crippen LogP contribution is -2.09. The van der Waals surface area contributed by atoms with Crippen molar-refractivity contribution in [3.8, 4) is 0 Å². The molecule has 0 aliphatic heterocycles. The van der Waals surface area contributed by atoms with E-state index in [9.17, 15) is 4.79 Å². The number of aromatic nitrogens is 1. The molecule has 0 bridgehead atoms. The van der Waals surface area contributed by atoms with Gasteiger partial charge in [0.05, 0.1) is 6.61 Å². The fourth-order valence-electron chi connectivity index (χ4n) is 2.70. The van der Waals surface area contributed by atoms with E-state index in [-0.39, 0.29) is 5.97 Å². The quantitative estimate of drug-likeness (QED) is 0.513. The molecule has 0 aliphatic carbocycles. The maximum Gasteiger partial charge on any atom is 0.356 e. The number of fused-ring (bicyclic) bond motifs is 1. The highest BCUT2D eigenvalue weighted by Crippen LogP contribution is 2.27. The summed E-state index contributed by atoms with van der Waals surface area (Å²) in [6.07, 6.45) is 4.81. The molecule has 0 unspecified atom stereocenters. The molecule has 0 N–H and O–H groups in total.